The standard InChI is InChI=1S/C12H9F2N/c1-8-6-10(12(14)15-7-8)9-4-2-3-5-11(9)13/h2-7H,1H3. The van der Waals surface area contributed by atoms with Crippen molar-refractivity contribution in [3.63, 3.8) is 0 Å². The molecule has 1 aromatic carbocycles. The highest BCUT2D eigenvalue weighted by molar-refractivity contribution is 5.64. The monoisotopic (exact) mass is 205 g/mol. The summed E-state index contributed by atoms with van der Waals surface area (Å²) >= 11 is 0. The van der Waals surface area contributed by atoms with Crippen LogP contribution in [-0.4, -0.2) is 4.98 Å². The second kappa shape index (κ2) is 3.77. The van der Waals surface area contributed by atoms with Crippen LogP contribution in [-0.2, 0) is 0 Å². The molecule has 1 nitrogen and oxygen atoms in total. The molecule has 0 aliphatic carbocycles. The van der Waals surface area contributed by atoms with Crippen LogP contribution in [0.5, 0.6) is 0 Å². The van der Waals surface area contributed by atoms with E-state index < -0.39 is 11.8 Å². The third-order valence-corrected chi connectivity index (χ3v) is 2.14. The number of hydrogen-bond acceptors (Lipinski definition) is 1. The molecule has 0 aliphatic rings. The molecule has 0 spiro atoms. The summed E-state index contributed by atoms with van der Waals surface area (Å²) < 4.78 is 26.8. The molecular weight excluding hydrogens is 196 g/mol. The molecule has 2 rings (SSSR count). The van der Waals surface area contributed by atoms with Gasteiger partial charge in [-0.2, -0.15) is 4.39 Å². The fourth-order valence-corrected chi connectivity index (χ4v) is 1.42. The van der Waals surface area contributed by atoms with Gasteiger partial charge in [0.15, 0.2) is 0 Å². The van der Waals surface area contributed by atoms with Crippen LogP contribution in [0.25, 0.3) is 11.1 Å². The van der Waals surface area contributed by atoms with Gasteiger partial charge in [-0.05, 0) is 24.6 Å². The van der Waals surface area contributed by atoms with Crippen molar-refractivity contribution in [1.82, 2.24) is 4.98 Å². The zero-order chi connectivity index (χ0) is 10.8. The number of hydrogen-bond donors (Lipinski definition) is 0. The highest BCUT2D eigenvalue weighted by Gasteiger charge is 2.10. The molecule has 0 radical (unpaired) electrons. The van der Waals surface area contributed by atoms with Crippen molar-refractivity contribution in [2.24, 2.45) is 0 Å². The lowest BCUT2D eigenvalue weighted by Gasteiger charge is -2.04. The molecule has 3 heteroatoms. The second-order valence-corrected chi connectivity index (χ2v) is 3.33. The van der Waals surface area contributed by atoms with Crippen LogP contribution in [0.4, 0.5) is 8.78 Å². The largest absolute Gasteiger partial charge is 0.228 e. The van der Waals surface area contributed by atoms with Crippen LogP contribution >= 0.6 is 0 Å². The van der Waals surface area contributed by atoms with E-state index >= 15 is 0 Å². The highest BCUT2D eigenvalue weighted by atomic mass is 19.1. The van der Waals surface area contributed by atoms with Gasteiger partial charge in [0.2, 0.25) is 5.95 Å². The minimum atomic E-state index is -0.647. The lowest BCUT2D eigenvalue weighted by molar-refractivity contribution is 0.582. The molecule has 0 aliphatic heterocycles. The van der Waals surface area contributed by atoms with E-state index in [-0.39, 0.29) is 11.1 Å². The van der Waals surface area contributed by atoms with Gasteiger partial charge in [-0.15, -0.1) is 0 Å². The number of nitrogens with zero attached hydrogens (tertiary/aromatic N) is 1. The van der Waals surface area contributed by atoms with E-state index in [2.05, 4.69) is 4.98 Å². The molecule has 76 valence electrons. The Kier molecular flexibility index (Phi) is 2.46. The third kappa shape index (κ3) is 1.86. The van der Waals surface area contributed by atoms with E-state index in [1.807, 2.05) is 0 Å². The zero-order valence-electron chi connectivity index (χ0n) is 8.17. The minimum Gasteiger partial charge on any atom is -0.228 e. The molecule has 1 aromatic heterocycles. The molecule has 2 aromatic rings. The van der Waals surface area contributed by atoms with E-state index in [9.17, 15) is 8.78 Å². The summed E-state index contributed by atoms with van der Waals surface area (Å²) in [6.45, 7) is 1.79. The first-order chi connectivity index (χ1) is 7.18. The Morgan fingerprint density at radius 2 is 1.80 bits per heavy atom. The molecule has 15 heavy (non-hydrogen) atoms. The van der Waals surface area contributed by atoms with Gasteiger partial charge in [0.05, 0.1) is 0 Å². The molecule has 0 unspecified atom stereocenters. The summed E-state index contributed by atoms with van der Waals surface area (Å²) in [6, 6.07) is 7.66. The van der Waals surface area contributed by atoms with Gasteiger partial charge in [-0.1, -0.05) is 18.2 Å². The maximum Gasteiger partial charge on any atom is 0.220 e. The summed E-state index contributed by atoms with van der Waals surface area (Å²) in [5.74, 6) is -1.09. The average Bonchev–Trinajstić information content (AvgIpc) is 2.23. The van der Waals surface area contributed by atoms with Crippen molar-refractivity contribution in [2.45, 2.75) is 6.92 Å². The predicted octanol–water partition coefficient (Wildman–Crippen LogP) is 3.34. The van der Waals surface area contributed by atoms with Crippen LogP contribution < -0.4 is 0 Å². The van der Waals surface area contributed by atoms with E-state index in [0.29, 0.717) is 0 Å². The smallest absolute Gasteiger partial charge is 0.220 e. The van der Waals surface area contributed by atoms with E-state index in [1.54, 1.807) is 25.1 Å². The lowest BCUT2D eigenvalue weighted by Crippen LogP contribution is -1.92. The van der Waals surface area contributed by atoms with E-state index in [1.165, 1.54) is 18.3 Å². The first-order valence-electron chi connectivity index (χ1n) is 4.55. The van der Waals surface area contributed by atoms with Crippen molar-refractivity contribution in [2.75, 3.05) is 0 Å². The number of rotatable bonds is 1. The number of pyridine rings is 1. The predicted molar refractivity (Wildman–Crippen MR) is 54.3 cm³/mol. The summed E-state index contributed by atoms with van der Waals surface area (Å²) in [6.07, 6.45) is 1.42. The van der Waals surface area contributed by atoms with Gasteiger partial charge in [0.25, 0.3) is 0 Å². The summed E-state index contributed by atoms with van der Waals surface area (Å²) in [4.78, 5) is 3.56. The Labute approximate surface area is 86.4 Å². The van der Waals surface area contributed by atoms with Gasteiger partial charge in [0, 0.05) is 17.3 Å². The fraction of sp³-hybridized carbons (Fsp3) is 0.0833. The molecule has 0 amide bonds. The fourth-order valence-electron chi connectivity index (χ4n) is 1.42. The van der Waals surface area contributed by atoms with Crippen LogP contribution in [0.3, 0.4) is 0 Å². The Morgan fingerprint density at radius 3 is 2.53 bits per heavy atom. The highest BCUT2D eigenvalue weighted by Crippen LogP contribution is 2.24. The topological polar surface area (TPSA) is 12.9 Å². The number of halogens is 2. The molecule has 0 N–H and O–H groups in total. The molecular formula is C12H9F2N. The number of benzene rings is 1. The number of aromatic nitrogens is 1. The summed E-state index contributed by atoms with van der Waals surface area (Å²) in [7, 11) is 0. The number of aryl methyl sites for hydroxylation is 1. The molecule has 0 bridgehead atoms. The van der Waals surface area contributed by atoms with E-state index in [4.69, 9.17) is 0 Å². The molecule has 0 saturated carbocycles. The first kappa shape index (κ1) is 9.77. The first-order valence-corrected chi connectivity index (χ1v) is 4.55. The molecule has 0 atom stereocenters. The van der Waals surface area contributed by atoms with Crippen LogP contribution in [0.2, 0.25) is 0 Å². The zero-order valence-corrected chi connectivity index (χ0v) is 8.17. The quantitative estimate of drug-likeness (QED) is 0.650. The molecule has 1 heterocycles. The Hall–Kier alpha value is -1.77. The maximum absolute atomic E-state index is 13.4. The van der Waals surface area contributed by atoms with Crippen molar-refractivity contribution < 1.29 is 8.78 Å². The maximum atomic E-state index is 13.4. The average molecular weight is 205 g/mol. The lowest BCUT2D eigenvalue weighted by atomic mass is 10.1. The van der Waals surface area contributed by atoms with Crippen molar-refractivity contribution in [1.29, 1.82) is 0 Å². The molecule has 0 saturated heterocycles. The second-order valence-electron chi connectivity index (χ2n) is 3.33. The van der Waals surface area contributed by atoms with E-state index in [0.717, 1.165) is 5.56 Å². The van der Waals surface area contributed by atoms with Crippen molar-refractivity contribution >= 4 is 0 Å². The summed E-state index contributed by atoms with van der Waals surface area (Å²) in [5.41, 5.74) is 1.24. The van der Waals surface area contributed by atoms with Crippen LogP contribution in [0, 0.1) is 18.7 Å². The third-order valence-electron chi connectivity index (χ3n) is 2.14. The van der Waals surface area contributed by atoms with Crippen LogP contribution in [0.15, 0.2) is 36.5 Å². The van der Waals surface area contributed by atoms with Gasteiger partial charge < -0.3 is 0 Å². The summed E-state index contributed by atoms with van der Waals surface area (Å²) in [5, 5.41) is 0. The Morgan fingerprint density at radius 1 is 1.07 bits per heavy atom. The SMILES string of the molecule is Cc1cnc(F)c(-c2ccccc2F)c1. The van der Waals surface area contributed by atoms with Crippen LogP contribution in [0.1, 0.15) is 5.56 Å². The van der Waals surface area contributed by atoms with Crippen molar-refractivity contribution in [3.05, 3.63) is 53.9 Å². The van der Waals surface area contributed by atoms with Crippen molar-refractivity contribution in [3.8, 4) is 11.1 Å². The van der Waals surface area contributed by atoms with Gasteiger partial charge in [-0.25, -0.2) is 9.37 Å². The minimum absolute atomic E-state index is 0.202. The van der Waals surface area contributed by atoms with Gasteiger partial charge in [-0.3, -0.25) is 0 Å². The van der Waals surface area contributed by atoms with Gasteiger partial charge in [0.1, 0.15) is 5.82 Å². The molecule has 0 fully saturated rings. The normalized spacial score (nSPS) is 10.3. The Bertz CT molecular complexity index is 495. The Balaban J connectivity index is 2.64. The van der Waals surface area contributed by atoms with Gasteiger partial charge >= 0.3 is 0 Å².